The molecule has 0 spiro atoms. The van der Waals surface area contributed by atoms with E-state index in [4.69, 9.17) is 0 Å². The first-order valence-corrected chi connectivity index (χ1v) is 8.63. The molecule has 3 aromatic rings. The van der Waals surface area contributed by atoms with Gasteiger partial charge in [0.05, 0.1) is 36.2 Å². The summed E-state index contributed by atoms with van der Waals surface area (Å²) in [5, 5.41) is 7.02. The number of anilines is 2. The lowest BCUT2D eigenvalue weighted by Gasteiger charge is -2.28. The number of nitrogens with one attached hydrogen (secondary N) is 1. The van der Waals surface area contributed by atoms with Gasteiger partial charge in [-0.2, -0.15) is 5.10 Å². The Morgan fingerprint density at radius 2 is 1.73 bits per heavy atom. The first kappa shape index (κ1) is 16.2. The summed E-state index contributed by atoms with van der Waals surface area (Å²) < 4.78 is 1.54. The highest BCUT2D eigenvalue weighted by Gasteiger charge is 2.13. The number of pyridine rings is 1. The highest BCUT2D eigenvalue weighted by Crippen LogP contribution is 2.18. The molecule has 8 heteroatoms. The van der Waals surface area contributed by atoms with Crippen molar-refractivity contribution in [2.24, 2.45) is 0 Å². The normalized spacial score (nSPS) is 14.2. The summed E-state index contributed by atoms with van der Waals surface area (Å²) in [4.78, 5) is 27.2. The molecule has 1 amide bonds. The van der Waals surface area contributed by atoms with Gasteiger partial charge in [0.25, 0.3) is 11.9 Å². The topological polar surface area (TPSA) is 88.8 Å². The molecule has 1 aliphatic heterocycles. The lowest BCUT2D eigenvalue weighted by atomic mass is 10.1. The van der Waals surface area contributed by atoms with E-state index in [1.54, 1.807) is 41.6 Å². The van der Waals surface area contributed by atoms with Crippen molar-refractivity contribution in [3.8, 4) is 5.95 Å². The van der Waals surface area contributed by atoms with Gasteiger partial charge in [-0.15, -0.1) is 0 Å². The minimum Gasteiger partial charge on any atom is -0.369 e. The SMILES string of the molecule is O=C(Nc1cnn(-c2ncc(N3CCCCC3)cn2)c1)c1ccncc1. The van der Waals surface area contributed by atoms with Gasteiger partial charge in [0.15, 0.2) is 0 Å². The maximum atomic E-state index is 12.2. The van der Waals surface area contributed by atoms with Crippen molar-refractivity contribution in [1.82, 2.24) is 24.7 Å². The zero-order valence-electron chi connectivity index (χ0n) is 14.2. The number of carbonyl (C=O) groups is 1. The minimum atomic E-state index is -0.215. The molecule has 132 valence electrons. The Hall–Kier alpha value is -3.29. The first-order chi connectivity index (χ1) is 12.8. The third kappa shape index (κ3) is 3.53. The minimum absolute atomic E-state index is 0.215. The fraction of sp³-hybridized carbons (Fsp3) is 0.278. The monoisotopic (exact) mass is 349 g/mol. The second-order valence-corrected chi connectivity index (χ2v) is 6.15. The van der Waals surface area contributed by atoms with Crippen LogP contribution in [0.25, 0.3) is 5.95 Å². The van der Waals surface area contributed by atoms with Crippen molar-refractivity contribution in [3.63, 3.8) is 0 Å². The molecule has 0 atom stereocenters. The summed E-state index contributed by atoms with van der Waals surface area (Å²) in [5.74, 6) is 0.253. The van der Waals surface area contributed by atoms with Gasteiger partial charge in [0.2, 0.25) is 0 Å². The van der Waals surface area contributed by atoms with E-state index in [9.17, 15) is 4.79 Å². The molecular weight excluding hydrogens is 330 g/mol. The quantitative estimate of drug-likeness (QED) is 0.777. The van der Waals surface area contributed by atoms with Crippen LogP contribution in [0.5, 0.6) is 0 Å². The van der Waals surface area contributed by atoms with Crippen LogP contribution in [0, 0.1) is 0 Å². The van der Waals surface area contributed by atoms with Crippen molar-refractivity contribution < 1.29 is 4.79 Å². The summed E-state index contributed by atoms with van der Waals surface area (Å²) in [7, 11) is 0. The van der Waals surface area contributed by atoms with Crippen molar-refractivity contribution >= 4 is 17.3 Å². The molecule has 8 nitrogen and oxygen atoms in total. The highest BCUT2D eigenvalue weighted by atomic mass is 16.1. The van der Waals surface area contributed by atoms with Crippen LogP contribution >= 0.6 is 0 Å². The second-order valence-electron chi connectivity index (χ2n) is 6.15. The van der Waals surface area contributed by atoms with E-state index in [1.807, 2.05) is 12.4 Å². The Labute approximate surface area is 150 Å². The van der Waals surface area contributed by atoms with Crippen LogP contribution in [0.2, 0.25) is 0 Å². The molecule has 0 radical (unpaired) electrons. The summed E-state index contributed by atoms with van der Waals surface area (Å²) >= 11 is 0. The van der Waals surface area contributed by atoms with E-state index in [-0.39, 0.29) is 5.91 Å². The maximum absolute atomic E-state index is 12.2. The number of rotatable bonds is 4. The zero-order valence-corrected chi connectivity index (χ0v) is 14.2. The molecule has 1 N–H and O–H groups in total. The number of hydrogen-bond donors (Lipinski definition) is 1. The molecule has 3 aromatic heterocycles. The summed E-state index contributed by atoms with van der Waals surface area (Å²) in [6.07, 6.45) is 13.8. The Kier molecular flexibility index (Phi) is 4.55. The molecule has 26 heavy (non-hydrogen) atoms. The van der Waals surface area contributed by atoms with Crippen LogP contribution in [0.15, 0.2) is 49.3 Å². The lowest BCUT2D eigenvalue weighted by Crippen LogP contribution is -2.29. The van der Waals surface area contributed by atoms with Gasteiger partial charge in [-0.25, -0.2) is 14.6 Å². The van der Waals surface area contributed by atoms with E-state index in [0.717, 1.165) is 18.8 Å². The van der Waals surface area contributed by atoms with E-state index in [2.05, 4.69) is 30.3 Å². The van der Waals surface area contributed by atoms with Crippen LogP contribution in [0.1, 0.15) is 29.6 Å². The third-order valence-corrected chi connectivity index (χ3v) is 4.33. The van der Waals surface area contributed by atoms with Crippen molar-refractivity contribution in [1.29, 1.82) is 0 Å². The predicted octanol–water partition coefficient (Wildman–Crippen LogP) is 2.30. The molecule has 4 heterocycles. The molecule has 1 aliphatic rings. The largest absolute Gasteiger partial charge is 0.369 e. The molecule has 0 unspecified atom stereocenters. The van der Waals surface area contributed by atoms with Gasteiger partial charge in [0, 0.05) is 31.0 Å². The highest BCUT2D eigenvalue weighted by molar-refractivity contribution is 6.04. The van der Waals surface area contributed by atoms with Gasteiger partial charge in [0.1, 0.15) is 0 Å². The van der Waals surface area contributed by atoms with E-state index in [1.165, 1.54) is 19.3 Å². The number of carbonyl (C=O) groups excluding carboxylic acids is 1. The van der Waals surface area contributed by atoms with Crippen LogP contribution in [0.3, 0.4) is 0 Å². The van der Waals surface area contributed by atoms with E-state index < -0.39 is 0 Å². The number of piperidine rings is 1. The smallest absolute Gasteiger partial charge is 0.255 e. The first-order valence-electron chi connectivity index (χ1n) is 8.63. The molecule has 0 aromatic carbocycles. The number of hydrogen-bond acceptors (Lipinski definition) is 6. The van der Waals surface area contributed by atoms with E-state index >= 15 is 0 Å². The molecule has 0 bridgehead atoms. The fourth-order valence-electron chi connectivity index (χ4n) is 2.95. The summed E-state index contributed by atoms with van der Waals surface area (Å²) in [6, 6.07) is 3.31. The Balaban J connectivity index is 1.45. The van der Waals surface area contributed by atoms with Crippen LogP contribution in [0.4, 0.5) is 11.4 Å². The van der Waals surface area contributed by atoms with Gasteiger partial charge in [-0.3, -0.25) is 9.78 Å². The van der Waals surface area contributed by atoms with Crippen molar-refractivity contribution in [3.05, 3.63) is 54.9 Å². The van der Waals surface area contributed by atoms with E-state index in [0.29, 0.717) is 17.2 Å². The Bertz CT molecular complexity index is 870. The average Bonchev–Trinajstić information content (AvgIpc) is 3.18. The maximum Gasteiger partial charge on any atom is 0.255 e. The molecule has 1 fully saturated rings. The predicted molar refractivity (Wildman–Crippen MR) is 97.4 cm³/mol. The number of amides is 1. The van der Waals surface area contributed by atoms with Gasteiger partial charge in [-0.05, 0) is 31.4 Å². The Morgan fingerprint density at radius 3 is 2.46 bits per heavy atom. The summed E-state index contributed by atoms with van der Waals surface area (Å²) in [6.45, 7) is 2.10. The average molecular weight is 349 g/mol. The molecule has 0 aliphatic carbocycles. The fourth-order valence-corrected chi connectivity index (χ4v) is 2.95. The van der Waals surface area contributed by atoms with Crippen LogP contribution in [-0.4, -0.2) is 43.7 Å². The van der Waals surface area contributed by atoms with Gasteiger partial charge >= 0.3 is 0 Å². The standard InChI is InChI=1S/C18H19N7O/c26-17(14-4-6-19-7-5-14)23-15-10-22-25(13-15)18-20-11-16(12-21-18)24-8-2-1-3-9-24/h4-7,10-13H,1-3,8-9H2,(H,23,26). The number of aromatic nitrogens is 5. The molecular formula is C18H19N7O. The number of nitrogens with zero attached hydrogens (tertiary/aromatic N) is 6. The molecule has 1 saturated heterocycles. The van der Waals surface area contributed by atoms with Gasteiger partial charge in [-0.1, -0.05) is 0 Å². The van der Waals surface area contributed by atoms with Crippen LogP contribution in [-0.2, 0) is 0 Å². The van der Waals surface area contributed by atoms with Gasteiger partial charge < -0.3 is 10.2 Å². The third-order valence-electron chi connectivity index (χ3n) is 4.33. The molecule has 4 rings (SSSR count). The summed E-state index contributed by atoms with van der Waals surface area (Å²) in [5.41, 5.74) is 2.15. The van der Waals surface area contributed by atoms with Crippen molar-refractivity contribution in [2.45, 2.75) is 19.3 Å². The Morgan fingerprint density at radius 1 is 1.00 bits per heavy atom. The zero-order chi connectivity index (χ0) is 17.8. The van der Waals surface area contributed by atoms with Crippen molar-refractivity contribution in [2.75, 3.05) is 23.3 Å². The lowest BCUT2D eigenvalue weighted by molar-refractivity contribution is 0.102. The van der Waals surface area contributed by atoms with Crippen LogP contribution < -0.4 is 10.2 Å². The molecule has 0 saturated carbocycles. The second kappa shape index (κ2) is 7.30.